The maximum Gasteiger partial charge on any atom is 0.159 e. The highest BCUT2D eigenvalue weighted by molar-refractivity contribution is 4.82. The Morgan fingerprint density at radius 1 is 1.17 bits per heavy atom. The summed E-state index contributed by atoms with van der Waals surface area (Å²) >= 11 is 0. The highest BCUT2D eigenvalue weighted by Crippen LogP contribution is 2.28. The Hall–Kier alpha value is -0.160. The number of hydrogen-bond acceptors (Lipinski definition) is 4. The number of aliphatic hydroxyl groups excluding tert-OH is 3. The Bertz CT molecular complexity index is 133. The SMILES string of the molecule is CC(CO)C(O)C(C)(C)C(O)O. The van der Waals surface area contributed by atoms with E-state index in [0.717, 1.165) is 0 Å². The number of hydrogen-bond donors (Lipinski definition) is 4. The van der Waals surface area contributed by atoms with Gasteiger partial charge in [-0.2, -0.15) is 0 Å². The first-order chi connectivity index (χ1) is 5.34. The molecule has 0 saturated carbocycles. The van der Waals surface area contributed by atoms with E-state index in [-0.39, 0.29) is 12.5 Å². The van der Waals surface area contributed by atoms with Crippen molar-refractivity contribution in [3.63, 3.8) is 0 Å². The third-order valence-corrected chi connectivity index (χ3v) is 2.25. The average Bonchev–Trinajstić information content (AvgIpc) is 2.01. The largest absolute Gasteiger partial charge is 0.396 e. The van der Waals surface area contributed by atoms with Crippen LogP contribution in [0.2, 0.25) is 0 Å². The molecule has 0 spiro atoms. The van der Waals surface area contributed by atoms with E-state index in [1.54, 1.807) is 6.92 Å². The zero-order valence-electron chi connectivity index (χ0n) is 7.73. The molecule has 4 N–H and O–H groups in total. The molecule has 2 atom stereocenters. The summed E-state index contributed by atoms with van der Waals surface area (Å²) in [6.45, 7) is 4.55. The summed E-state index contributed by atoms with van der Waals surface area (Å²) in [6, 6.07) is 0. The monoisotopic (exact) mass is 178 g/mol. The van der Waals surface area contributed by atoms with Crippen molar-refractivity contribution in [1.82, 2.24) is 0 Å². The van der Waals surface area contributed by atoms with Gasteiger partial charge in [-0.25, -0.2) is 0 Å². The minimum Gasteiger partial charge on any atom is -0.396 e. The minimum absolute atomic E-state index is 0.169. The lowest BCUT2D eigenvalue weighted by Gasteiger charge is -2.35. The smallest absolute Gasteiger partial charge is 0.159 e. The normalized spacial score (nSPS) is 18.0. The lowest BCUT2D eigenvalue weighted by atomic mass is 9.80. The van der Waals surface area contributed by atoms with Gasteiger partial charge >= 0.3 is 0 Å². The maximum absolute atomic E-state index is 9.54. The first kappa shape index (κ1) is 11.8. The summed E-state index contributed by atoms with van der Waals surface area (Å²) in [4.78, 5) is 0. The Morgan fingerprint density at radius 3 is 1.83 bits per heavy atom. The predicted octanol–water partition coefficient (Wildman–Crippen LogP) is -0.687. The van der Waals surface area contributed by atoms with Crippen LogP contribution in [0.1, 0.15) is 20.8 Å². The second-order valence-corrected chi connectivity index (χ2v) is 3.80. The second-order valence-electron chi connectivity index (χ2n) is 3.80. The van der Waals surface area contributed by atoms with Gasteiger partial charge in [-0.05, 0) is 0 Å². The van der Waals surface area contributed by atoms with Crippen molar-refractivity contribution in [2.24, 2.45) is 11.3 Å². The van der Waals surface area contributed by atoms with Crippen LogP contribution < -0.4 is 0 Å². The van der Waals surface area contributed by atoms with Gasteiger partial charge in [-0.15, -0.1) is 0 Å². The molecule has 0 aliphatic heterocycles. The summed E-state index contributed by atoms with van der Waals surface area (Å²) in [5.74, 6) is -0.359. The van der Waals surface area contributed by atoms with Gasteiger partial charge < -0.3 is 20.4 Å². The fourth-order valence-electron chi connectivity index (χ4n) is 0.986. The molecule has 4 nitrogen and oxygen atoms in total. The van der Waals surface area contributed by atoms with Gasteiger partial charge in [0.25, 0.3) is 0 Å². The van der Waals surface area contributed by atoms with Crippen LogP contribution in [0.4, 0.5) is 0 Å². The molecule has 74 valence electrons. The molecule has 0 aromatic rings. The number of aliphatic hydroxyl groups is 4. The van der Waals surface area contributed by atoms with Crippen molar-refractivity contribution in [2.45, 2.75) is 33.2 Å². The van der Waals surface area contributed by atoms with Gasteiger partial charge in [0.15, 0.2) is 6.29 Å². The zero-order chi connectivity index (χ0) is 9.94. The van der Waals surface area contributed by atoms with Gasteiger partial charge in [0.1, 0.15) is 0 Å². The molecular weight excluding hydrogens is 160 g/mol. The second kappa shape index (κ2) is 4.18. The minimum atomic E-state index is -1.58. The van der Waals surface area contributed by atoms with Crippen LogP contribution >= 0.6 is 0 Å². The standard InChI is InChI=1S/C8H18O4/c1-5(4-9)6(10)8(2,3)7(11)12/h5-7,9-12H,4H2,1-3H3. The summed E-state index contributed by atoms with van der Waals surface area (Å²) in [5, 5.41) is 36.1. The molecule has 0 bridgehead atoms. The fraction of sp³-hybridized carbons (Fsp3) is 1.00. The molecule has 0 aliphatic carbocycles. The average molecular weight is 178 g/mol. The van der Waals surface area contributed by atoms with Crippen LogP contribution in [0.5, 0.6) is 0 Å². The maximum atomic E-state index is 9.54. The lowest BCUT2D eigenvalue weighted by molar-refractivity contribution is -0.174. The Labute approximate surface area is 72.5 Å². The summed E-state index contributed by atoms with van der Waals surface area (Å²) < 4.78 is 0. The van der Waals surface area contributed by atoms with Crippen molar-refractivity contribution in [3.8, 4) is 0 Å². The first-order valence-electron chi connectivity index (χ1n) is 3.99. The van der Waals surface area contributed by atoms with Crippen molar-refractivity contribution in [3.05, 3.63) is 0 Å². The van der Waals surface area contributed by atoms with Crippen molar-refractivity contribution in [2.75, 3.05) is 6.61 Å². The van der Waals surface area contributed by atoms with E-state index in [9.17, 15) is 5.11 Å². The van der Waals surface area contributed by atoms with Crippen LogP contribution in [0.15, 0.2) is 0 Å². The summed E-state index contributed by atoms with van der Waals surface area (Å²) in [5.41, 5.74) is -1.01. The molecule has 0 aromatic heterocycles. The van der Waals surface area contributed by atoms with E-state index in [4.69, 9.17) is 15.3 Å². The molecule has 0 amide bonds. The Balaban J connectivity index is 4.34. The van der Waals surface area contributed by atoms with Crippen LogP contribution in [-0.2, 0) is 0 Å². The molecule has 0 heterocycles. The van der Waals surface area contributed by atoms with E-state index in [2.05, 4.69) is 0 Å². The molecule has 0 radical (unpaired) electrons. The van der Waals surface area contributed by atoms with Gasteiger partial charge in [0, 0.05) is 17.9 Å². The van der Waals surface area contributed by atoms with Gasteiger partial charge in [0.05, 0.1) is 6.10 Å². The summed E-state index contributed by atoms with van der Waals surface area (Å²) in [6.07, 6.45) is -2.51. The summed E-state index contributed by atoms with van der Waals surface area (Å²) in [7, 11) is 0. The number of rotatable bonds is 4. The van der Waals surface area contributed by atoms with Crippen LogP contribution in [-0.4, -0.2) is 39.4 Å². The highest BCUT2D eigenvalue weighted by atomic mass is 16.5. The van der Waals surface area contributed by atoms with E-state index < -0.39 is 17.8 Å². The predicted molar refractivity (Wildman–Crippen MR) is 44.3 cm³/mol. The fourth-order valence-corrected chi connectivity index (χ4v) is 0.986. The molecule has 0 aliphatic rings. The molecule has 0 saturated heterocycles. The first-order valence-corrected chi connectivity index (χ1v) is 3.99. The molecule has 0 rings (SSSR count). The third-order valence-electron chi connectivity index (χ3n) is 2.25. The molecule has 2 unspecified atom stereocenters. The molecular formula is C8H18O4. The van der Waals surface area contributed by atoms with Crippen molar-refractivity contribution < 1.29 is 20.4 Å². The van der Waals surface area contributed by atoms with E-state index in [1.807, 2.05) is 0 Å². The topological polar surface area (TPSA) is 80.9 Å². The van der Waals surface area contributed by atoms with Crippen molar-refractivity contribution in [1.29, 1.82) is 0 Å². The van der Waals surface area contributed by atoms with E-state index in [1.165, 1.54) is 13.8 Å². The van der Waals surface area contributed by atoms with Crippen LogP contribution in [0, 0.1) is 11.3 Å². The highest BCUT2D eigenvalue weighted by Gasteiger charge is 2.37. The third kappa shape index (κ3) is 2.42. The van der Waals surface area contributed by atoms with E-state index in [0.29, 0.717) is 0 Å². The van der Waals surface area contributed by atoms with Crippen molar-refractivity contribution >= 4 is 0 Å². The van der Waals surface area contributed by atoms with Gasteiger partial charge in [-0.3, -0.25) is 0 Å². The molecule has 12 heavy (non-hydrogen) atoms. The quantitative estimate of drug-likeness (QED) is 0.430. The zero-order valence-corrected chi connectivity index (χ0v) is 7.73. The van der Waals surface area contributed by atoms with Crippen LogP contribution in [0.25, 0.3) is 0 Å². The van der Waals surface area contributed by atoms with Gasteiger partial charge in [-0.1, -0.05) is 20.8 Å². The lowest BCUT2D eigenvalue weighted by Crippen LogP contribution is -2.44. The Kier molecular flexibility index (Phi) is 4.13. The van der Waals surface area contributed by atoms with Gasteiger partial charge in [0.2, 0.25) is 0 Å². The Morgan fingerprint density at radius 2 is 1.58 bits per heavy atom. The van der Waals surface area contributed by atoms with E-state index >= 15 is 0 Å². The van der Waals surface area contributed by atoms with Crippen LogP contribution in [0.3, 0.4) is 0 Å². The molecule has 0 fully saturated rings. The molecule has 4 heteroatoms. The molecule has 0 aromatic carbocycles.